The Labute approximate surface area is 149 Å². The van der Waals surface area contributed by atoms with Gasteiger partial charge in [-0.25, -0.2) is 0 Å². The predicted molar refractivity (Wildman–Crippen MR) is 95.0 cm³/mol. The van der Waals surface area contributed by atoms with Crippen LogP contribution in [0.3, 0.4) is 0 Å². The molecule has 2 aromatic carbocycles. The summed E-state index contributed by atoms with van der Waals surface area (Å²) in [5.41, 5.74) is 1.05. The first-order valence-corrected chi connectivity index (χ1v) is 7.84. The number of carbonyl (C=O) groups is 1. The lowest BCUT2D eigenvalue weighted by Crippen LogP contribution is -2.13. The minimum absolute atomic E-state index is 0.0420. The van der Waals surface area contributed by atoms with E-state index in [-0.39, 0.29) is 10.7 Å². The third-order valence-electron chi connectivity index (χ3n) is 2.91. The van der Waals surface area contributed by atoms with Crippen molar-refractivity contribution in [2.75, 3.05) is 5.32 Å². The molecule has 0 aromatic heterocycles. The van der Waals surface area contributed by atoms with Crippen LogP contribution in [-0.2, 0) is 0 Å². The van der Waals surface area contributed by atoms with Gasteiger partial charge in [0.25, 0.3) is 11.6 Å². The molecule has 5 nitrogen and oxygen atoms in total. The fourth-order valence-corrected chi connectivity index (χ4v) is 2.73. The largest absolute Gasteiger partial charge is 0.322 e. The molecule has 22 heavy (non-hydrogen) atoms. The van der Waals surface area contributed by atoms with Gasteiger partial charge in [0.05, 0.1) is 15.5 Å². The van der Waals surface area contributed by atoms with Crippen molar-refractivity contribution in [2.45, 2.75) is 6.92 Å². The van der Waals surface area contributed by atoms with E-state index < -0.39 is 10.8 Å². The fourth-order valence-electron chi connectivity index (χ4n) is 1.80. The van der Waals surface area contributed by atoms with Crippen LogP contribution in [0.25, 0.3) is 0 Å². The number of amides is 1. The number of benzene rings is 2. The second-order valence-electron chi connectivity index (χ2n) is 4.45. The highest BCUT2D eigenvalue weighted by Gasteiger charge is 2.17. The third kappa shape index (κ3) is 3.68. The first kappa shape index (κ1) is 17.0. The molecule has 2 rings (SSSR count). The number of carbonyl (C=O) groups excluding carboxylic acids is 1. The van der Waals surface area contributed by atoms with Crippen molar-refractivity contribution in [1.82, 2.24) is 0 Å². The summed E-state index contributed by atoms with van der Waals surface area (Å²) in [7, 11) is 0. The maximum absolute atomic E-state index is 12.3. The summed E-state index contributed by atoms with van der Waals surface area (Å²) >= 11 is 14.0. The first-order valence-electron chi connectivity index (χ1n) is 6.00. The van der Waals surface area contributed by atoms with Crippen LogP contribution >= 0.6 is 45.8 Å². The van der Waals surface area contributed by atoms with Crippen LogP contribution in [0, 0.1) is 20.6 Å². The molecule has 0 saturated heterocycles. The van der Waals surface area contributed by atoms with E-state index in [2.05, 4.69) is 27.9 Å². The number of anilines is 1. The first-order chi connectivity index (χ1) is 10.3. The molecule has 0 radical (unpaired) electrons. The molecule has 1 N–H and O–H groups in total. The van der Waals surface area contributed by atoms with Gasteiger partial charge < -0.3 is 5.32 Å². The van der Waals surface area contributed by atoms with E-state index in [0.717, 1.165) is 3.57 Å². The Balaban J connectivity index is 2.35. The maximum Gasteiger partial charge on any atom is 0.288 e. The number of hydrogen-bond donors (Lipinski definition) is 1. The topological polar surface area (TPSA) is 72.2 Å². The highest BCUT2D eigenvalue weighted by molar-refractivity contribution is 14.1. The lowest BCUT2D eigenvalue weighted by Gasteiger charge is -2.10. The van der Waals surface area contributed by atoms with Crippen LogP contribution < -0.4 is 5.32 Å². The summed E-state index contributed by atoms with van der Waals surface area (Å²) in [6.07, 6.45) is 0. The summed E-state index contributed by atoms with van der Waals surface area (Å²) in [4.78, 5) is 22.5. The SMILES string of the molecule is Cc1cc([N+](=O)[O-])c(Cl)cc1NC(=O)c1cc(I)ccc1Cl. The molecule has 0 aliphatic heterocycles. The Morgan fingerprint density at radius 3 is 2.55 bits per heavy atom. The molecule has 0 aliphatic rings. The number of nitrogens with one attached hydrogen (secondary N) is 1. The fraction of sp³-hybridized carbons (Fsp3) is 0.0714. The van der Waals surface area contributed by atoms with Crippen LogP contribution in [0.1, 0.15) is 15.9 Å². The smallest absolute Gasteiger partial charge is 0.288 e. The summed E-state index contributed by atoms with van der Waals surface area (Å²) in [6.45, 7) is 1.65. The summed E-state index contributed by atoms with van der Waals surface area (Å²) in [6, 6.07) is 7.74. The van der Waals surface area contributed by atoms with Gasteiger partial charge in [0.15, 0.2) is 0 Å². The van der Waals surface area contributed by atoms with E-state index in [0.29, 0.717) is 21.8 Å². The summed E-state index contributed by atoms with van der Waals surface area (Å²) < 4.78 is 0.866. The maximum atomic E-state index is 12.3. The van der Waals surface area contributed by atoms with Crippen LogP contribution in [-0.4, -0.2) is 10.8 Å². The van der Waals surface area contributed by atoms with Crippen molar-refractivity contribution in [3.05, 3.63) is 65.2 Å². The average Bonchev–Trinajstić information content (AvgIpc) is 2.44. The monoisotopic (exact) mass is 450 g/mol. The van der Waals surface area contributed by atoms with E-state index in [1.165, 1.54) is 12.1 Å². The van der Waals surface area contributed by atoms with Crippen molar-refractivity contribution >= 4 is 63.1 Å². The van der Waals surface area contributed by atoms with Gasteiger partial charge >= 0.3 is 0 Å². The second-order valence-corrected chi connectivity index (χ2v) is 6.51. The molecule has 1 amide bonds. The van der Waals surface area contributed by atoms with E-state index in [9.17, 15) is 14.9 Å². The molecule has 8 heteroatoms. The van der Waals surface area contributed by atoms with Crippen LogP contribution in [0.4, 0.5) is 11.4 Å². The molecule has 0 bridgehead atoms. The van der Waals surface area contributed by atoms with Crippen molar-refractivity contribution in [1.29, 1.82) is 0 Å². The minimum atomic E-state index is -0.572. The van der Waals surface area contributed by atoms with Crippen molar-refractivity contribution in [2.24, 2.45) is 0 Å². The molecule has 0 heterocycles. The number of halogens is 3. The molecule has 0 fully saturated rings. The number of nitro benzene ring substituents is 1. The standard InChI is InChI=1S/C14H9Cl2IN2O3/c1-7-4-13(19(21)22)11(16)6-12(7)18-14(20)9-5-8(17)2-3-10(9)15/h2-6H,1H3,(H,18,20). The normalized spacial score (nSPS) is 10.4. The number of nitrogens with zero attached hydrogens (tertiary/aromatic N) is 1. The number of rotatable bonds is 3. The molecule has 0 aliphatic carbocycles. The van der Waals surface area contributed by atoms with Crippen LogP contribution in [0.2, 0.25) is 10.0 Å². The van der Waals surface area contributed by atoms with Gasteiger partial charge in [0, 0.05) is 15.3 Å². The number of aryl methyl sites for hydroxylation is 1. The number of nitro groups is 1. The Morgan fingerprint density at radius 2 is 1.91 bits per heavy atom. The highest BCUT2D eigenvalue weighted by atomic mass is 127. The Kier molecular flexibility index (Phi) is 5.25. The van der Waals surface area contributed by atoms with Gasteiger partial charge in [-0.15, -0.1) is 0 Å². The lowest BCUT2D eigenvalue weighted by atomic mass is 10.1. The molecule has 0 unspecified atom stereocenters. The molecule has 0 saturated carbocycles. The quantitative estimate of drug-likeness (QED) is 0.403. The second kappa shape index (κ2) is 6.80. The van der Waals surface area contributed by atoms with Crippen LogP contribution in [0.15, 0.2) is 30.3 Å². The van der Waals surface area contributed by atoms with Crippen molar-refractivity contribution in [3.8, 4) is 0 Å². The third-order valence-corrected chi connectivity index (χ3v) is 4.22. The molecule has 114 valence electrons. The zero-order valence-electron chi connectivity index (χ0n) is 11.2. The Morgan fingerprint density at radius 1 is 1.23 bits per heavy atom. The van der Waals surface area contributed by atoms with Gasteiger partial charge in [-0.3, -0.25) is 14.9 Å². The molecule has 0 spiro atoms. The van der Waals surface area contributed by atoms with E-state index >= 15 is 0 Å². The Bertz CT molecular complexity index is 781. The zero-order chi connectivity index (χ0) is 16.4. The van der Waals surface area contributed by atoms with Gasteiger partial charge in [0.2, 0.25) is 0 Å². The highest BCUT2D eigenvalue weighted by Crippen LogP contribution is 2.31. The molecule has 2 aromatic rings. The van der Waals surface area contributed by atoms with E-state index in [4.69, 9.17) is 23.2 Å². The van der Waals surface area contributed by atoms with E-state index in [1.807, 2.05) is 0 Å². The molecular formula is C14H9Cl2IN2O3. The summed E-state index contributed by atoms with van der Waals surface area (Å²) in [5.74, 6) is -0.406. The van der Waals surface area contributed by atoms with Crippen molar-refractivity contribution in [3.63, 3.8) is 0 Å². The van der Waals surface area contributed by atoms with Gasteiger partial charge in [-0.1, -0.05) is 23.2 Å². The van der Waals surface area contributed by atoms with Crippen LogP contribution in [0.5, 0.6) is 0 Å². The van der Waals surface area contributed by atoms with Gasteiger partial charge in [-0.05, 0) is 59.3 Å². The number of hydrogen-bond acceptors (Lipinski definition) is 3. The predicted octanol–water partition coefficient (Wildman–Crippen LogP) is 5.07. The zero-order valence-corrected chi connectivity index (χ0v) is 14.9. The van der Waals surface area contributed by atoms with Gasteiger partial charge in [-0.2, -0.15) is 0 Å². The molecule has 0 atom stereocenters. The summed E-state index contributed by atoms with van der Waals surface area (Å²) in [5, 5.41) is 13.8. The lowest BCUT2D eigenvalue weighted by molar-refractivity contribution is -0.384. The minimum Gasteiger partial charge on any atom is -0.322 e. The van der Waals surface area contributed by atoms with Crippen molar-refractivity contribution < 1.29 is 9.72 Å². The van der Waals surface area contributed by atoms with Gasteiger partial charge in [0.1, 0.15) is 5.02 Å². The Hall–Kier alpha value is -1.38. The molecular weight excluding hydrogens is 442 g/mol. The average molecular weight is 451 g/mol. The van der Waals surface area contributed by atoms with E-state index in [1.54, 1.807) is 25.1 Å².